The molecule has 0 aliphatic rings. The molecule has 1 amide bonds. The molecule has 0 radical (unpaired) electrons. The van der Waals surface area contributed by atoms with Crippen LogP contribution in [-0.2, 0) is 27.4 Å². The van der Waals surface area contributed by atoms with E-state index in [4.69, 9.17) is 13.9 Å². The second-order valence-electron chi connectivity index (χ2n) is 7.25. The lowest BCUT2D eigenvalue weighted by atomic mass is 10.1. The third-order valence-electron chi connectivity index (χ3n) is 4.90. The van der Waals surface area contributed by atoms with Crippen LogP contribution in [0.2, 0.25) is 0 Å². The Morgan fingerprint density at radius 2 is 2.00 bits per heavy atom. The number of methoxy groups -OCH3 is 1. The van der Waals surface area contributed by atoms with Crippen LogP contribution in [0.5, 0.6) is 5.75 Å². The SMILES string of the molecule is COc1ccccc1N(C(C)=O)c1nc(COC(=O)Cc2coc3cc(C)ccc23)cs1. The van der Waals surface area contributed by atoms with Gasteiger partial charge >= 0.3 is 5.97 Å². The van der Waals surface area contributed by atoms with E-state index in [9.17, 15) is 9.59 Å². The Hall–Kier alpha value is -3.65. The zero-order chi connectivity index (χ0) is 22.7. The van der Waals surface area contributed by atoms with Crippen LogP contribution in [-0.4, -0.2) is 24.0 Å². The van der Waals surface area contributed by atoms with Crippen LogP contribution < -0.4 is 9.64 Å². The van der Waals surface area contributed by atoms with Crippen molar-refractivity contribution in [2.45, 2.75) is 26.9 Å². The first kappa shape index (κ1) is 21.6. The van der Waals surface area contributed by atoms with Crippen molar-refractivity contribution in [3.8, 4) is 5.75 Å². The number of hydrogen-bond acceptors (Lipinski definition) is 7. The quantitative estimate of drug-likeness (QED) is 0.361. The largest absolute Gasteiger partial charge is 0.495 e. The monoisotopic (exact) mass is 450 g/mol. The number of para-hydroxylation sites is 2. The second kappa shape index (κ2) is 9.23. The van der Waals surface area contributed by atoms with E-state index in [2.05, 4.69) is 4.98 Å². The zero-order valence-corrected chi connectivity index (χ0v) is 18.8. The molecule has 0 N–H and O–H groups in total. The van der Waals surface area contributed by atoms with Crippen LogP contribution >= 0.6 is 11.3 Å². The highest BCUT2D eigenvalue weighted by atomic mass is 32.1. The maximum absolute atomic E-state index is 12.4. The van der Waals surface area contributed by atoms with Gasteiger partial charge in [0.2, 0.25) is 5.91 Å². The number of anilines is 2. The summed E-state index contributed by atoms with van der Waals surface area (Å²) in [5.74, 6) is -0.0149. The van der Waals surface area contributed by atoms with Gasteiger partial charge in [-0.05, 0) is 30.7 Å². The number of rotatable bonds is 7. The van der Waals surface area contributed by atoms with Gasteiger partial charge in [-0.3, -0.25) is 14.5 Å². The van der Waals surface area contributed by atoms with Crippen LogP contribution in [0.4, 0.5) is 10.8 Å². The molecule has 0 unspecified atom stereocenters. The van der Waals surface area contributed by atoms with Gasteiger partial charge in [-0.2, -0.15) is 0 Å². The number of carbonyl (C=O) groups is 2. The number of ether oxygens (including phenoxy) is 2. The Bertz CT molecular complexity index is 1280. The van der Waals surface area contributed by atoms with Gasteiger partial charge in [0.25, 0.3) is 0 Å². The van der Waals surface area contributed by atoms with Crippen molar-refractivity contribution in [2.75, 3.05) is 12.0 Å². The predicted octanol–water partition coefficient (Wildman–Crippen LogP) is 5.18. The number of fused-ring (bicyclic) bond motifs is 1. The molecule has 8 heteroatoms. The van der Waals surface area contributed by atoms with Crippen molar-refractivity contribution in [2.24, 2.45) is 0 Å². The van der Waals surface area contributed by atoms with Gasteiger partial charge in [0, 0.05) is 23.3 Å². The number of esters is 1. The number of furan rings is 1. The molecular weight excluding hydrogens is 428 g/mol. The number of nitrogens with zero attached hydrogens (tertiary/aromatic N) is 2. The number of aryl methyl sites for hydroxylation is 1. The Labute approximate surface area is 189 Å². The third-order valence-corrected chi connectivity index (χ3v) is 5.77. The van der Waals surface area contributed by atoms with Crippen LogP contribution in [0.3, 0.4) is 0 Å². The molecule has 0 aliphatic carbocycles. The maximum atomic E-state index is 12.4. The molecule has 2 heterocycles. The number of benzene rings is 2. The second-order valence-corrected chi connectivity index (χ2v) is 8.08. The number of aromatic nitrogens is 1. The minimum Gasteiger partial charge on any atom is -0.495 e. The molecule has 2 aromatic heterocycles. The molecule has 2 aromatic carbocycles. The first-order valence-electron chi connectivity index (χ1n) is 9.96. The highest BCUT2D eigenvalue weighted by Crippen LogP contribution is 2.35. The molecule has 4 aromatic rings. The Kier molecular flexibility index (Phi) is 6.23. The number of thiazole rings is 1. The normalized spacial score (nSPS) is 10.8. The van der Waals surface area contributed by atoms with Crippen molar-refractivity contribution in [3.63, 3.8) is 0 Å². The molecule has 0 atom stereocenters. The van der Waals surface area contributed by atoms with Crippen LogP contribution in [0.15, 0.2) is 58.5 Å². The van der Waals surface area contributed by atoms with E-state index in [0.29, 0.717) is 22.3 Å². The fraction of sp³-hybridized carbons (Fsp3) is 0.208. The first-order valence-corrected chi connectivity index (χ1v) is 10.8. The van der Waals surface area contributed by atoms with Gasteiger partial charge in [-0.15, -0.1) is 11.3 Å². The fourth-order valence-corrected chi connectivity index (χ4v) is 4.24. The van der Waals surface area contributed by atoms with E-state index in [0.717, 1.165) is 22.1 Å². The predicted molar refractivity (Wildman–Crippen MR) is 122 cm³/mol. The molecule has 32 heavy (non-hydrogen) atoms. The number of carbonyl (C=O) groups excluding carboxylic acids is 2. The average molecular weight is 451 g/mol. The third kappa shape index (κ3) is 4.50. The summed E-state index contributed by atoms with van der Waals surface area (Å²) in [5, 5.41) is 3.14. The molecular formula is C24H22N2O5S. The van der Waals surface area contributed by atoms with E-state index in [1.54, 1.807) is 30.9 Å². The van der Waals surface area contributed by atoms with Gasteiger partial charge in [-0.25, -0.2) is 4.98 Å². The molecule has 0 aliphatic heterocycles. The van der Waals surface area contributed by atoms with Crippen molar-refractivity contribution >= 4 is 45.0 Å². The summed E-state index contributed by atoms with van der Waals surface area (Å²) in [6.07, 6.45) is 1.69. The van der Waals surface area contributed by atoms with Crippen molar-refractivity contribution in [3.05, 3.63) is 70.9 Å². The van der Waals surface area contributed by atoms with Crippen molar-refractivity contribution < 1.29 is 23.5 Å². The molecule has 0 spiro atoms. The summed E-state index contributed by atoms with van der Waals surface area (Å²) in [6.45, 7) is 3.46. The number of hydrogen-bond donors (Lipinski definition) is 0. The molecule has 164 valence electrons. The van der Waals surface area contributed by atoms with Gasteiger partial charge in [0.1, 0.15) is 17.9 Å². The number of amides is 1. The molecule has 0 saturated heterocycles. The summed E-state index contributed by atoms with van der Waals surface area (Å²) in [5.41, 5.74) is 3.78. The summed E-state index contributed by atoms with van der Waals surface area (Å²) in [6, 6.07) is 13.1. The minimum absolute atomic E-state index is 0.0158. The van der Waals surface area contributed by atoms with E-state index in [1.807, 2.05) is 37.3 Å². The molecule has 0 bridgehead atoms. The van der Waals surface area contributed by atoms with E-state index in [-0.39, 0.29) is 24.9 Å². The van der Waals surface area contributed by atoms with Gasteiger partial charge in [-0.1, -0.05) is 24.3 Å². The maximum Gasteiger partial charge on any atom is 0.310 e. The van der Waals surface area contributed by atoms with E-state index < -0.39 is 0 Å². The average Bonchev–Trinajstić information content (AvgIpc) is 3.39. The Balaban J connectivity index is 1.44. The smallest absolute Gasteiger partial charge is 0.310 e. The standard InChI is InChI=1S/C24H22N2O5S/c1-15-8-9-19-17(12-30-22(19)10-15)11-23(28)31-13-18-14-32-24(25-18)26(16(2)27)20-6-4-5-7-21(20)29-3/h4-10,12,14H,11,13H2,1-3H3. The lowest BCUT2D eigenvalue weighted by Gasteiger charge is -2.20. The lowest BCUT2D eigenvalue weighted by molar-refractivity contribution is -0.144. The van der Waals surface area contributed by atoms with Gasteiger partial charge < -0.3 is 13.9 Å². The van der Waals surface area contributed by atoms with Crippen molar-refractivity contribution in [1.82, 2.24) is 4.98 Å². The van der Waals surface area contributed by atoms with Crippen LogP contribution in [0.25, 0.3) is 11.0 Å². The summed E-state index contributed by atoms with van der Waals surface area (Å²) >= 11 is 1.29. The topological polar surface area (TPSA) is 81.9 Å². The van der Waals surface area contributed by atoms with Crippen LogP contribution in [0.1, 0.15) is 23.7 Å². The van der Waals surface area contributed by atoms with Gasteiger partial charge in [0.05, 0.1) is 31.2 Å². The lowest BCUT2D eigenvalue weighted by Crippen LogP contribution is -2.23. The van der Waals surface area contributed by atoms with E-state index >= 15 is 0 Å². The molecule has 0 fully saturated rings. The summed E-state index contributed by atoms with van der Waals surface area (Å²) in [7, 11) is 1.55. The van der Waals surface area contributed by atoms with Crippen LogP contribution in [0, 0.1) is 6.92 Å². The molecule has 4 rings (SSSR count). The Morgan fingerprint density at radius 3 is 2.78 bits per heavy atom. The first-order chi connectivity index (χ1) is 15.5. The van der Waals surface area contributed by atoms with Gasteiger partial charge in [0.15, 0.2) is 5.13 Å². The zero-order valence-electron chi connectivity index (χ0n) is 18.0. The molecule has 0 saturated carbocycles. The Morgan fingerprint density at radius 1 is 1.19 bits per heavy atom. The van der Waals surface area contributed by atoms with E-state index in [1.165, 1.54) is 23.2 Å². The molecule has 7 nitrogen and oxygen atoms in total. The fourth-order valence-electron chi connectivity index (χ4n) is 3.38. The minimum atomic E-state index is -0.379. The highest BCUT2D eigenvalue weighted by Gasteiger charge is 2.21. The summed E-state index contributed by atoms with van der Waals surface area (Å²) in [4.78, 5) is 30.7. The van der Waals surface area contributed by atoms with Crippen molar-refractivity contribution in [1.29, 1.82) is 0 Å². The summed E-state index contributed by atoms with van der Waals surface area (Å²) < 4.78 is 16.3. The highest BCUT2D eigenvalue weighted by molar-refractivity contribution is 7.14.